The maximum Gasteiger partial charge on any atom is 0.326 e. The van der Waals surface area contributed by atoms with Gasteiger partial charge in [0.1, 0.15) is 19.5 Å². The van der Waals surface area contributed by atoms with Gasteiger partial charge in [-0.2, -0.15) is 0 Å². The van der Waals surface area contributed by atoms with Gasteiger partial charge in [-0.05, 0) is 121 Å². The van der Waals surface area contributed by atoms with E-state index >= 15 is 0 Å². The number of hydrogen-bond acceptors (Lipinski definition) is 14. The van der Waals surface area contributed by atoms with Gasteiger partial charge in [-0.3, -0.25) is 0 Å². The first-order chi connectivity index (χ1) is 32.0. The van der Waals surface area contributed by atoms with Crippen LogP contribution >= 0.6 is 0 Å². The molecule has 9 unspecified atom stereocenters. The van der Waals surface area contributed by atoms with Crippen LogP contribution in [0.2, 0.25) is 114 Å². The lowest BCUT2D eigenvalue weighted by Gasteiger charge is -2.37. The summed E-state index contributed by atoms with van der Waals surface area (Å²) in [6.07, 6.45) is 14.7. The molecule has 3 rings (SSSR count). The summed E-state index contributed by atoms with van der Waals surface area (Å²) < 4.78 is 89.2. The van der Waals surface area contributed by atoms with E-state index < -0.39 is 139 Å². The maximum absolute atomic E-state index is 6.67. The van der Waals surface area contributed by atoms with Gasteiger partial charge >= 0.3 is 35.0 Å². The summed E-state index contributed by atoms with van der Waals surface area (Å²) in [5.74, 6) is 0. The van der Waals surface area contributed by atoms with Crippen molar-refractivity contribution in [2.24, 2.45) is 0 Å². The average Bonchev–Trinajstić information content (AvgIpc) is 3.23. The van der Waals surface area contributed by atoms with Crippen LogP contribution in [0, 0.1) is 0 Å². The fraction of sp³-hybridized carbons (Fsp3) is 1.00. The van der Waals surface area contributed by atoms with Gasteiger partial charge in [0.15, 0.2) is 9.04 Å². The van der Waals surface area contributed by atoms with Crippen LogP contribution in [0.4, 0.5) is 0 Å². The van der Waals surface area contributed by atoms with E-state index in [1.54, 1.807) is 0 Å². The summed E-state index contributed by atoms with van der Waals surface area (Å²) in [6.45, 7) is 38.1. The molecule has 0 aliphatic carbocycles. The highest BCUT2D eigenvalue weighted by Crippen LogP contribution is 2.27. The molecule has 3 heterocycles. The zero-order valence-electron chi connectivity index (χ0n) is 46.5. The van der Waals surface area contributed by atoms with Crippen molar-refractivity contribution in [2.75, 3.05) is 0 Å². The van der Waals surface area contributed by atoms with Crippen molar-refractivity contribution >= 4 is 139 Å². The first-order valence-electron chi connectivity index (χ1n) is 27.1. The molecule has 3 aliphatic heterocycles. The van der Waals surface area contributed by atoms with Gasteiger partial charge in [-0.25, -0.2) is 0 Å². The Morgan fingerprint density at radius 3 is 1.24 bits per heavy atom. The summed E-state index contributed by atoms with van der Waals surface area (Å²) in [5.41, 5.74) is 0. The van der Waals surface area contributed by atoms with Crippen LogP contribution in [-0.4, -0.2) is 145 Å². The van der Waals surface area contributed by atoms with Crippen LogP contribution in [0.25, 0.3) is 0 Å². The zero-order chi connectivity index (χ0) is 50.7. The second kappa shape index (κ2) is 49.7. The van der Waals surface area contributed by atoms with Gasteiger partial charge in [0.25, 0.3) is 75.0 Å². The molecule has 0 amide bonds. The molecule has 3 fully saturated rings. The van der Waals surface area contributed by atoms with E-state index in [0.717, 1.165) is 43.1 Å². The molecule has 71 heavy (non-hydrogen) atoms. The quantitative estimate of drug-likeness (QED) is 0.0572. The molecule has 0 saturated carbocycles. The van der Waals surface area contributed by atoms with Crippen LogP contribution in [0.1, 0.15) is 155 Å². The van der Waals surface area contributed by atoms with E-state index in [9.17, 15) is 0 Å². The predicted octanol–water partition coefficient (Wildman–Crippen LogP) is 9.70. The van der Waals surface area contributed by atoms with Crippen LogP contribution in [0.5, 0.6) is 0 Å². The second-order valence-corrected chi connectivity index (χ2v) is 55.0. The van der Waals surface area contributed by atoms with Crippen molar-refractivity contribution in [2.45, 2.75) is 276 Å². The Morgan fingerprint density at radius 1 is 0.451 bits per heavy atom. The average molecular weight is 1270 g/mol. The Labute approximate surface area is 468 Å². The third-order valence-corrected chi connectivity index (χ3v) is 58.3. The van der Waals surface area contributed by atoms with Crippen molar-refractivity contribution in [3.8, 4) is 0 Å². The molecule has 3 aliphatic rings. The first-order valence-corrected chi connectivity index (χ1v) is 57.9. The Hall–Kier alpha value is 2.69. The van der Waals surface area contributed by atoms with Crippen LogP contribution in [0.3, 0.4) is 0 Å². The number of hydrogen-bond donors (Lipinski definition) is 0. The molecule has 3 saturated heterocycles. The standard InChI is InChI=1S/C32H90O14Si15.3C2H6.4CH4/c1-32-31-50(2)37-53(5)42-59(10,33-32)28-22-16-14-20-26-48-35-58(27-21-15-18-24-30-61(12)45-56(8)40-52(4)41-57(9)46-61)36-49-34-47-25-19-13-17-23-29-60(11)43-54(6)38-51(3)39-55(7)44-60;3*1-2;;;;/h32,50-58H,13-31,47-49H2,1-12H3;3*1-2H3;4*1H4. The van der Waals surface area contributed by atoms with Gasteiger partial charge in [-0.15, -0.1) is 0 Å². The van der Waals surface area contributed by atoms with Crippen molar-refractivity contribution in [1.82, 2.24) is 0 Å². The molecule has 0 aromatic rings. The molecule has 0 bridgehead atoms. The molecule has 14 nitrogen and oxygen atoms in total. The summed E-state index contributed by atoms with van der Waals surface area (Å²) in [6, 6.07) is 7.78. The predicted molar refractivity (Wildman–Crippen MR) is 346 cm³/mol. The molecule has 0 spiro atoms. The molecule has 0 radical (unpaired) electrons. The van der Waals surface area contributed by atoms with Gasteiger partial charge < -0.3 is 57.9 Å². The molecule has 29 heteroatoms. The molecular weight excluding hydrogens is 1150 g/mol. The highest BCUT2D eigenvalue weighted by atomic mass is 28.5. The van der Waals surface area contributed by atoms with E-state index in [0.29, 0.717) is 0 Å². The Kier molecular flexibility index (Phi) is 57.8. The van der Waals surface area contributed by atoms with Gasteiger partial charge in [0.05, 0.1) is 0 Å². The van der Waals surface area contributed by atoms with E-state index in [-0.39, 0.29) is 35.8 Å². The molecular formula is C42H124O14Si15. The fourth-order valence-electron chi connectivity index (χ4n) is 8.78. The monoisotopic (exact) mass is 1270 g/mol. The van der Waals surface area contributed by atoms with Gasteiger partial charge in [0.2, 0.25) is 0 Å². The largest absolute Gasteiger partial charge is 0.446 e. The smallest absolute Gasteiger partial charge is 0.326 e. The minimum Gasteiger partial charge on any atom is -0.446 e. The lowest BCUT2D eigenvalue weighted by molar-refractivity contribution is 0.165. The third kappa shape index (κ3) is 42.3. The fourth-order valence-corrected chi connectivity index (χ4v) is 58.0. The van der Waals surface area contributed by atoms with Crippen molar-refractivity contribution in [3.05, 3.63) is 0 Å². The van der Waals surface area contributed by atoms with Gasteiger partial charge in [-0.1, -0.05) is 148 Å². The third-order valence-electron chi connectivity index (χ3n) is 11.3. The topological polar surface area (TPSA) is 129 Å². The van der Waals surface area contributed by atoms with E-state index in [1.807, 2.05) is 41.5 Å². The van der Waals surface area contributed by atoms with Crippen molar-refractivity contribution < 1.29 is 57.9 Å². The summed E-state index contributed by atoms with van der Waals surface area (Å²) >= 11 is 0. The molecule has 436 valence electrons. The number of rotatable bonds is 27. The zero-order valence-corrected chi connectivity index (χ0v) is 64.2. The lowest BCUT2D eigenvalue weighted by atomic mass is 10.2. The number of unbranched alkanes of at least 4 members (excludes halogenated alkanes) is 9. The van der Waals surface area contributed by atoms with E-state index in [2.05, 4.69) is 78.9 Å². The SMILES string of the molecule is C.C.C.C.CC.CC.CC.CC1C[SiH](C)O[SiH](C)O[Si](C)(CCCCCC[SiH2]O[SiH](CCCCCC[Si]2(C)O[SiH](C)O[SiH](C)O[SiH](C)O2)O[SiH2]O[SiH2]CCCCCC[Si]2(C)O[SiH](C)O[SiH](C)O[SiH](C)O2)O1. The Balaban J connectivity index is -0.00000140. The van der Waals surface area contributed by atoms with Crippen LogP contribution in [-0.2, 0) is 57.9 Å². The minimum absolute atomic E-state index is 0. The Bertz CT molecular complexity index is 1120. The van der Waals surface area contributed by atoms with E-state index in [4.69, 9.17) is 57.9 Å². The van der Waals surface area contributed by atoms with Crippen LogP contribution in [0.15, 0.2) is 0 Å². The summed E-state index contributed by atoms with van der Waals surface area (Å²) in [4.78, 5) is 0. The molecule has 0 aromatic carbocycles. The Morgan fingerprint density at radius 2 is 0.803 bits per heavy atom. The first kappa shape index (κ1) is 82.5. The maximum atomic E-state index is 6.67. The summed E-state index contributed by atoms with van der Waals surface area (Å²) in [7, 11) is -23.1. The van der Waals surface area contributed by atoms with Crippen molar-refractivity contribution in [1.29, 1.82) is 0 Å². The second-order valence-electron chi connectivity index (χ2n) is 18.1. The van der Waals surface area contributed by atoms with Gasteiger partial charge in [0, 0.05) is 6.10 Å². The molecule has 9 atom stereocenters. The highest BCUT2D eigenvalue weighted by Gasteiger charge is 2.41. The van der Waals surface area contributed by atoms with Crippen molar-refractivity contribution in [3.63, 3.8) is 0 Å². The molecule has 0 N–H and O–H groups in total. The highest BCUT2D eigenvalue weighted by molar-refractivity contribution is 6.82. The summed E-state index contributed by atoms with van der Waals surface area (Å²) in [5, 5.41) is 0. The van der Waals surface area contributed by atoms with E-state index in [1.165, 1.54) is 76.3 Å². The normalized spacial score (nSPS) is 31.9. The lowest BCUT2D eigenvalue weighted by Crippen LogP contribution is -2.52. The van der Waals surface area contributed by atoms with Crippen LogP contribution < -0.4 is 0 Å². The minimum atomic E-state index is -2.25. The molecule has 0 aromatic heterocycles.